The van der Waals surface area contributed by atoms with E-state index in [2.05, 4.69) is 6.07 Å². The van der Waals surface area contributed by atoms with Crippen molar-refractivity contribution in [2.45, 2.75) is 13.8 Å². The van der Waals surface area contributed by atoms with Crippen LogP contribution in [0.15, 0.2) is 18.2 Å². The summed E-state index contributed by atoms with van der Waals surface area (Å²) < 4.78 is 9.50. The van der Waals surface area contributed by atoms with Crippen LogP contribution in [-0.2, 0) is 0 Å². The van der Waals surface area contributed by atoms with E-state index in [4.69, 9.17) is 5.26 Å². The van der Waals surface area contributed by atoms with Crippen LogP contribution in [0.2, 0.25) is 0 Å². The molecule has 0 spiro atoms. The van der Waals surface area contributed by atoms with E-state index in [1.54, 1.807) is 0 Å². The Labute approximate surface area is 72.5 Å². The van der Waals surface area contributed by atoms with Crippen LogP contribution in [0, 0.1) is 25.2 Å². The fourth-order valence-electron chi connectivity index (χ4n) is 0.811. The van der Waals surface area contributed by atoms with Gasteiger partial charge in [-0.15, -0.1) is 0 Å². The zero-order valence-corrected chi connectivity index (χ0v) is 7.56. The zero-order chi connectivity index (χ0) is 9.56. The summed E-state index contributed by atoms with van der Waals surface area (Å²) in [5, 5.41) is 8.50. The van der Waals surface area contributed by atoms with Gasteiger partial charge in [0.25, 0.3) is 0 Å². The number of alkyl halides is 1. The lowest BCUT2D eigenvalue weighted by molar-refractivity contribution is 0.636. The molecule has 0 fully saturated rings. The first-order valence-electron chi connectivity index (χ1n) is 3.59. The molecule has 0 aliphatic carbocycles. The van der Waals surface area contributed by atoms with Gasteiger partial charge in [0, 0.05) is 0 Å². The molecule has 0 radical (unpaired) electrons. The third kappa shape index (κ3) is 2.71. The van der Waals surface area contributed by atoms with E-state index in [0.717, 1.165) is 5.56 Å². The second kappa shape index (κ2) is 5.31. The topological polar surface area (TPSA) is 23.8 Å². The number of halogens is 1. The SMILES string of the molecule is CF.Cc1ccc(C#N)cc1C. The first-order valence-corrected chi connectivity index (χ1v) is 3.59. The summed E-state index contributed by atoms with van der Waals surface area (Å²) in [5.41, 5.74) is 3.15. The summed E-state index contributed by atoms with van der Waals surface area (Å²) >= 11 is 0. The highest BCUT2D eigenvalue weighted by Crippen LogP contribution is 2.07. The summed E-state index contributed by atoms with van der Waals surface area (Å²) in [5.74, 6) is 0. The van der Waals surface area contributed by atoms with E-state index in [0.29, 0.717) is 7.18 Å². The van der Waals surface area contributed by atoms with Crippen molar-refractivity contribution >= 4 is 0 Å². The van der Waals surface area contributed by atoms with Gasteiger partial charge < -0.3 is 0 Å². The van der Waals surface area contributed by atoms with Crippen molar-refractivity contribution in [3.05, 3.63) is 34.9 Å². The smallest absolute Gasteiger partial charge is 0.0991 e. The van der Waals surface area contributed by atoms with E-state index in [1.807, 2.05) is 32.0 Å². The van der Waals surface area contributed by atoms with Crippen molar-refractivity contribution in [2.24, 2.45) is 0 Å². The molecule has 1 aromatic carbocycles. The number of nitriles is 1. The van der Waals surface area contributed by atoms with Crippen molar-refractivity contribution in [1.29, 1.82) is 5.26 Å². The summed E-state index contributed by atoms with van der Waals surface area (Å²) in [6.07, 6.45) is 0. The van der Waals surface area contributed by atoms with Crippen LogP contribution in [0.3, 0.4) is 0 Å². The van der Waals surface area contributed by atoms with Gasteiger partial charge in [-0.25, -0.2) is 0 Å². The molecule has 0 heterocycles. The molecule has 0 N–H and O–H groups in total. The first kappa shape index (κ1) is 10.6. The molecule has 64 valence electrons. The van der Waals surface area contributed by atoms with Crippen LogP contribution >= 0.6 is 0 Å². The summed E-state index contributed by atoms with van der Waals surface area (Å²) in [6.45, 7) is 4.05. The molecule has 1 rings (SSSR count). The molecule has 0 bridgehead atoms. The molecule has 2 heteroatoms. The van der Waals surface area contributed by atoms with Crippen LogP contribution in [-0.4, -0.2) is 7.18 Å². The van der Waals surface area contributed by atoms with Crippen LogP contribution in [0.5, 0.6) is 0 Å². The van der Waals surface area contributed by atoms with Gasteiger partial charge in [-0.05, 0) is 37.1 Å². The lowest BCUT2D eigenvalue weighted by atomic mass is 10.1. The Kier molecular flexibility index (Phi) is 4.71. The number of aryl methyl sites for hydroxylation is 2. The van der Waals surface area contributed by atoms with Gasteiger partial charge in [0.1, 0.15) is 0 Å². The maximum atomic E-state index is 9.50. The third-order valence-corrected chi connectivity index (χ3v) is 1.64. The number of rotatable bonds is 0. The second-order valence-electron chi connectivity index (χ2n) is 2.41. The molecular formula is C10H12FN. The van der Waals surface area contributed by atoms with Crippen LogP contribution in [0.25, 0.3) is 0 Å². The van der Waals surface area contributed by atoms with Crippen molar-refractivity contribution in [2.75, 3.05) is 7.18 Å². The van der Waals surface area contributed by atoms with Gasteiger partial charge in [0.15, 0.2) is 0 Å². The summed E-state index contributed by atoms with van der Waals surface area (Å²) in [4.78, 5) is 0. The molecule has 1 nitrogen and oxygen atoms in total. The lowest BCUT2D eigenvalue weighted by Crippen LogP contribution is -1.81. The van der Waals surface area contributed by atoms with Crippen molar-refractivity contribution in [3.8, 4) is 6.07 Å². The van der Waals surface area contributed by atoms with Crippen molar-refractivity contribution < 1.29 is 4.39 Å². The Morgan fingerprint density at radius 1 is 1.17 bits per heavy atom. The highest BCUT2D eigenvalue weighted by atomic mass is 19.1. The van der Waals surface area contributed by atoms with Gasteiger partial charge in [0.2, 0.25) is 0 Å². The molecule has 0 aromatic heterocycles. The number of benzene rings is 1. The lowest BCUT2D eigenvalue weighted by Gasteiger charge is -1.96. The highest BCUT2D eigenvalue weighted by molar-refractivity contribution is 5.36. The predicted octanol–water partition coefficient (Wildman–Crippen LogP) is 2.76. The molecule has 0 amide bonds. The molecule has 12 heavy (non-hydrogen) atoms. The van der Waals surface area contributed by atoms with Crippen molar-refractivity contribution in [3.63, 3.8) is 0 Å². The average molecular weight is 165 g/mol. The molecule has 0 saturated heterocycles. The number of hydrogen-bond acceptors (Lipinski definition) is 1. The Hall–Kier alpha value is -1.36. The van der Waals surface area contributed by atoms with Crippen molar-refractivity contribution in [1.82, 2.24) is 0 Å². The standard InChI is InChI=1S/C9H9N.CH3F/c1-7-3-4-9(6-10)5-8(7)2;1-2/h3-5H,1-2H3;1H3. The van der Waals surface area contributed by atoms with E-state index >= 15 is 0 Å². The highest BCUT2D eigenvalue weighted by Gasteiger charge is 1.92. The largest absolute Gasteiger partial charge is 0.255 e. The molecular weight excluding hydrogens is 153 g/mol. The monoisotopic (exact) mass is 165 g/mol. The molecule has 0 atom stereocenters. The van der Waals surface area contributed by atoms with Gasteiger partial charge in [-0.1, -0.05) is 6.07 Å². The fourth-order valence-corrected chi connectivity index (χ4v) is 0.811. The van der Waals surface area contributed by atoms with E-state index in [1.165, 1.54) is 11.1 Å². The van der Waals surface area contributed by atoms with Gasteiger partial charge in [-0.3, -0.25) is 4.39 Å². The second-order valence-corrected chi connectivity index (χ2v) is 2.41. The fraction of sp³-hybridized carbons (Fsp3) is 0.300. The molecule has 0 saturated carbocycles. The quantitative estimate of drug-likeness (QED) is 0.580. The van der Waals surface area contributed by atoms with Crippen LogP contribution < -0.4 is 0 Å². The van der Waals surface area contributed by atoms with Gasteiger partial charge >= 0.3 is 0 Å². The average Bonchev–Trinajstić information content (AvgIpc) is 2.13. The normalized spacial score (nSPS) is 7.92. The molecule has 1 aromatic rings. The van der Waals surface area contributed by atoms with Crippen LogP contribution in [0.1, 0.15) is 16.7 Å². The minimum atomic E-state index is 0.500. The zero-order valence-electron chi connectivity index (χ0n) is 7.56. The third-order valence-electron chi connectivity index (χ3n) is 1.64. The maximum absolute atomic E-state index is 9.50. The van der Waals surface area contributed by atoms with E-state index in [9.17, 15) is 4.39 Å². The Morgan fingerprint density at radius 3 is 2.17 bits per heavy atom. The first-order chi connectivity index (χ1) is 5.74. The van der Waals surface area contributed by atoms with E-state index < -0.39 is 0 Å². The molecule has 0 unspecified atom stereocenters. The Balaban J connectivity index is 0.000000561. The Morgan fingerprint density at radius 2 is 1.75 bits per heavy atom. The minimum Gasteiger partial charge on any atom is -0.255 e. The number of nitrogens with zero attached hydrogens (tertiary/aromatic N) is 1. The summed E-state index contributed by atoms with van der Waals surface area (Å²) in [6, 6.07) is 7.79. The van der Waals surface area contributed by atoms with Gasteiger partial charge in [0.05, 0.1) is 18.8 Å². The predicted molar refractivity (Wildman–Crippen MR) is 47.7 cm³/mol. The maximum Gasteiger partial charge on any atom is 0.0991 e. The van der Waals surface area contributed by atoms with Crippen LogP contribution in [0.4, 0.5) is 4.39 Å². The van der Waals surface area contributed by atoms with Gasteiger partial charge in [-0.2, -0.15) is 5.26 Å². The Bertz CT molecular complexity index is 286. The summed E-state index contributed by atoms with van der Waals surface area (Å²) in [7, 11) is 0.500. The van der Waals surface area contributed by atoms with E-state index in [-0.39, 0.29) is 0 Å². The molecule has 0 aliphatic rings. The minimum absolute atomic E-state index is 0.500. The number of hydrogen-bond donors (Lipinski definition) is 0. The molecule has 0 aliphatic heterocycles.